The normalized spacial score (nSPS) is 14.7. The zero-order valence-electron chi connectivity index (χ0n) is 21.5. The molecule has 4 rings (SSSR count). The van der Waals surface area contributed by atoms with E-state index in [4.69, 9.17) is 4.74 Å². The molecule has 2 heterocycles. The third-order valence-corrected chi connectivity index (χ3v) is 5.97. The maximum absolute atomic E-state index is 14.3. The van der Waals surface area contributed by atoms with Gasteiger partial charge in [-0.05, 0) is 48.0 Å². The van der Waals surface area contributed by atoms with Crippen molar-refractivity contribution in [2.45, 2.75) is 31.9 Å². The van der Waals surface area contributed by atoms with Gasteiger partial charge in [0.05, 0.1) is 13.7 Å². The van der Waals surface area contributed by atoms with Gasteiger partial charge >= 0.3 is 6.61 Å². The molecule has 0 spiro atoms. The Morgan fingerprint density at radius 3 is 2.30 bits per heavy atom. The maximum Gasteiger partial charge on any atom is 0.387 e. The summed E-state index contributed by atoms with van der Waals surface area (Å²) in [5.74, 6) is -1.15. The Morgan fingerprint density at radius 2 is 1.73 bits per heavy atom. The molecule has 2 aromatic carbocycles. The monoisotopic (exact) mass is 567 g/mol. The van der Waals surface area contributed by atoms with Crippen molar-refractivity contribution in [1.29, 1.82) is 0 Å². The van der Waals surface area contributed by atoms with Crippen molar-refractivity contribution in [3.8, 4) is 11.5 Å². The fraction of sp³-hybridized carbons (Fsp3) is 0.296. The van der Waals surface area contributed by atoms with Crippen molar-refractivity contribution in [2.75, 3.05) is 25.6 Å². The van der Waals surface area contributed by atoms with Gasteiger partial charge in [0, 0.05) is 43.8 Å². The zero-order chi connectivity index (χ0) is 29.4. The van der Waals surface area contributed by atoms with Crippen LogP contribution in [-0.4, -0.2) is 50.1 Å². The summed E-state index contributed by atoms with van der Waals surface area (Å²) in [6, 6.07) is 12.7. The maximum atomic E-state index is 14.3. The molecule has 1 aliphatic heterocycles. The van der Waals surface area contributed by atoms with Crippen LogP contribution in [0.5, 0.6) is 11.5 Å². The molecule has 1 unspecified atom stereocenters. The predicted octanol–water partition coefficient (Wildman–Crippen LogP) is 4.43. The molecule has 1 fully saturated rings. The van der Waals surface area contributed by atoms with Crippen molar-refractivity contribution in [2.24, 2.45) is 0 Å². The van der Waals surface area contributed by atoms with Crippen LogP contribution in [0.4, 0.5) is 27.6 Å². The summed E-state index contributed by atoms with van der Waals surface area (Å²) in [5, 5.41) is 2.41. The van der Waals surface area contributed by atoms with Gasteiger partial charge < -0.3 is 24.3 Å². The Morgan fingerprint density at radius 1 is 1.05 bits per heavy atom. The number of benzene rings is 2. The number of ether oxygens (including phenoxy) is 2. The Kier molecular flexibility index (Phi) is 10.2. The number of halogens is 5. The number of nitrogens with one attached hydrogen (secondary N) is 1. The van der Waals surface area contributed by atoms with Gasteiger partial charge in [0.2, 0.25) is 5.91 Å². The first kappa shape index (κ1) is 30.1. The second-order valence-electron chi connectivity index (χ2n) is 8.52. The van der Waals surface area contributed by atoms with Crippen LogP contribution >= 0.6 is 0 Å². The van der Waals surface area contributed by atoms with Crippen LogP contribution in [0.1, 0.15) is 28.3 Å². The topological polar surface area (TPSA) is 89.9 Å². The van der Waals surface area contributed by atoms with E-state index in [2.05, 4.69) is 10.1 Å². The molecule has 1 N–H and O–H groups in total. The Hall–Kier alpha value is -4.42. The number of amides is 2. The van der Waals surface area contributed by atoms with Gasteiger partial charge in [0.15, 0.2) is 0 Å². The van der Waals surface area contributed by atoms with Crippen molar-refractivity contribution in [1.82, 2.24) is 9.88 Å². The lowest BCUT2D eigenvalue weighted by atomic mass is 9.97. The van der Waals surface area contributed by atoms with E-state index < -0.39 is 36.9 Å². The van der Waals surface area contributed by atoms with Crippen molar-refractivity contribution in [3.05, 3.63) is 88.1 Å². The number of hydrogen-bond acceptors (Lipinski definition) is 5. The number of carbonyl (C=O) groups is 2. The lowest BCUT2D eigenvalue weighted by Gasteiger charge is -2.18. The number of methoxy groups -OCH3 is 1. The molecule has 3 aromatic rings. The molecule has 0 bridgehead atoms. The van der Waals surface area contributed by atoms with Crippen molar-refractivity contribution >= 4 is 17.5 Å². The average Bonchev–Trinajstić information content (AvgIpc) is 3.30. The number of nitrogens with zero attached hydrogens (tertiary/aromatic N) is 2. The molecule has 0 saturated carbocycles. The Balaban J connectivity index is 0.000000267. The molecule has 0 radical (unpaired) electrons. The van der Waals surface area contributed by atoms with E-state index >= 15 is 0 Å². The summed E-state index contributed by atoms with van der Waals surface area (Å²) in [6.45, 7) is -3.48. The minimum Gasteiger partial charge on any atom is -0.497 e. The standard InChI is InChI=1S/C18H17F3N2O3.C9H9F2NO2/c1-26-12-4-5-13(14(19)8-12)11-7-17(24)23(9-11)15-3-2-6-22(18(15)25)10-16(20)21;1-12-8(13)6-2-4-7(5-3-6)14-9(10)11/h2-6,8,11,16H,7,9-10H2,1H3;2-5,9H,1H3,(H,12,13). The summed E-state index contributed by atoms with van der Waals surface area (Å²) in [5.41, 5.74) is 0.103. The number of carbonyl (C=O) groups excluding carboxylic acids is 2. The van der Waals surface area contributed by atoms with Crippen LogP contribution < -0.4 is 25.2 Å². The fourth-order valence-electron chi connectivity index (χ4n) is 4.07. The molecule has 214 valence electrons. The molecule has 0 aliphatic carbocycles. The van der Waals surface area contributed by atoms with Gasteiger partial charge in [-0.2, -0.15) is 8.78 Å². The summed E-state index contributed by atoms with van der Waals surface area (Å²) in [6.07, 6.45) is -1.40. The highest BCUT2D eigenvalue weighted by Gasteiger charge is 2.34. The molecule has 1 aromatic heterocycles. The van der Waals surface area contributed by atoms with E-state index in [0.29, 0.717) is 16.9 Å². The minimum atomic E-state index is -2.85. The molecule has 8 nitrogen and oxygen atoms in total. The van der Waals surface area contributed by atoms with Gasteiger partial charge in [-0.3, -0.25) is 14.4 Å². The first-order chi connectivity index (χ1) is 19.0. The highest BCUT2D eigenvalue weighted by atomic mass is 19.3. The van der Waals surface area contributed by atoms with Gasteiger partial charge in [0.25, 0.3) is 17.9 Å². The van der Waals surface area contributed by atoms with E-state index in [1.165, 1.54) is 67.7 Å². The fourth-order valence-corrected chi connectivity index (χ4v) is 4.07. The molecule has 13 heteroatoms. The molecule has 1 saturated heterocycles. The molecule has 40 heavy (non-hydrogen) atoms. The highest BCUT2D eigenvalue weighted by molar-refractivity contribution is 5.96. The number of pyridine rings is 1. The van der Waals surface area contributed by atoms with Gasteiger partial charge in [0.1, 0.15) is 23.0 Å². The third kappa shape index (κ3) is 7.58. The summed E-state index contributed by atoms with van der Waals surface area (Å²) >= 11 is 0. The van der Waals surface area contributed by atoms with E-state index in [1.54, 1.807) is 12.1 Å². The highest BCUT2D eigenvalue weighted by Crippen LogP contribution is 2.33. The van der Waals surface area contributed by atoms with Crippen LogP contribution in [0, 0.1) is 5.82 Å². The lowest BCUT2D eigenvalue weighted by molar-refractivity contribution is -0.117. The quantitative estimate of drug-likeness (QED) is 0.407. The van der Waals surface area contributed by atoms with Gasteiger partial charge in [-0.15, -0.1) is 0 Å². The average molecular weight is 568 g/mol. The van der Waals surface area contributed by atoms with Gasteiger partial charge in [-0.25, -0.2) is 13.2 Å². The first-order valence-electron chi connectivity index (χ1n) is 11.9. The summed E-state index contributed by atoms with van der Waals surface area (Å²) < 4.78 is 72.9. The largest absolute Gasteiger partial charge is 0.497 e. The first-order valence-corrected chi connectivity index (χ1v) is 11.9. The number of rotatable bonds is 8. The van der Waals surface area contributed by atoms with Crippen LogP contribution in [-0.2, 0) is 11.3 Å². The second kappa shape index (κ2) is 13.6. The number of hydrogen-bond donors (Lipinski definition) is 1. The number of anilines is 1. The lowest BCUT2D eigenvalue weighted by Crippen LogP contribution is -2.33. The van der Waals surface area contributed by atoms with Crippen LogP contribution in [0.15, 0.2) is 65.6 Å². The van der Waals surface area contributed by atoms with E-state index in [-0.39, 0.29) is 36.2 Å². The predicted molar refractivity (Wildman–Crippen MR) is 136 cm³/mol. The van der Waals surface area contributed by atoms with E-state index in [9.17, 15) is 36.3 Å². The molecule has 1 atom stereocenters. The van der Waals surface area contributed by atoms with Crippen LogP contribution in [0.3, 0.4) is 0 Å². The third-order valence-electron chi connectivity index (χ3n) is 5.97. The second-order valence-corrected chi connectivity index (χ2v) is 8.52. The van der Waals surface area contributed by atoms with Crippen molar-refractivity contribution in [3.63, 3.8) is 0 Å². The molecule has 1 aliphatic rings. The zero-order valence-corrected chi connectivity index (χ0v) is 21.5. The Bertz CT molecular complexity index is 1380. The molecular formula is C27H26F5N3O5. The van der Waals surface area contributed by atoms with Gasteiger partial charge in [-0.1, -0.05) is 6.07 Å². The number of alkyl halides is 4. The van der Waals surface area contributed by atoms with E-state index in [0.717, 1.165) is 4.57 Å². The molecule has 2 amide bonds. The van der Waals surface area contributed by atoms with Crippen molar-refractivity contribution < 1.29 is 41.0 Å². The molecular weight excluding hydrogens is 541 g/mol. The van der Waals surface area contributed by atoms with Crippen LogP contribution in [0.25, 0.3) is 0 Å². The SMILES string of the molecule is CNC(=O)c1ccc(OC(F)F)cc1.COc1ccc(C2CC(=O)N(c3cccn(CC(F)F)c3=O)C2)c(F)c1. The smallest absolute Gasteiger partial charge is 0.387 e. The van der Waals surface area contributed by atoms with E-state index in [1.807, 2.05) is 0 Å². The Labute approximate surface area is 225 Å². The number of aromatic nitrogens is 1. The van der Waals surface area contributed by atoms with Crippen LogP contribution in [0.2, 0.25) is 0 Å². The summed E-state index contributed by atoms with van der Waals surface area (Å²) in [4.78, 5) is 37.0. The minimum absolute atomic E-state index is 0.0227. The summed E-state index contributed by atoms with van der Waals surface area (Å²) in [7, 11) is 2.92.